The standard InChI is InChI=1S/C15H30N2/c1-5-6-7-8-14(16)15(17(3)4)11-9-13(2)10-12-15/h5,13-14H,1,6-12,16H2,2-4H3. The van der Waals surface area contributed by atoms with Gasteiger partial charge in [0.15, 0.2) is 0 Å². The van der Waals surface area contributed by atoms with E-state index in [4.69, 9.17) is 5.73 Å². The minimum atomic E-state index is 0.244. The Morgan fingerprint density at radius 2 is 2.00 bits per heavy atom. The molecule has 0 radical (unpaired) electrons. The van der Waals surface area contributed by atoms with E-state index < -0.39 is 0 Å². The molecule has 1 atom stereocenters. The van der Waals surface area contributed by atoms with Crippen molar-refractivity contribution in [3.8, 4) is 0 Å². The molecule has 0 saturated heterocycles. The van der Waals surface area contributed by atoms with Crippen LogP contribution in [0.3, 0.4) is 0 Å². The number of unbranched alkanes of at least 4 members (excludes halogenated alkanes) is 1. The third kappa shape index (κ3) is 3.56. The minimum absolute atomic E-state index is 0.244. The van der Waals surface area contributed by atoms with Gasteiger partial charge in [-0.15, -0.1) is 6.58 Å². The Balaban J connectivity index is 2.60. The second-order valence-electron chi connectivity index (χ2n) is 6.01. The quantitative estimate of drug-likeness (QED) is 0.569. The molecule has 0 aromatic carbocycles. The van der Waals surface area contributed by atoms with E-state index in [2.05, 4.69) is 32.5 Å². The highest BCUT2D eigenvalue weighted by Crippen LogP contribution is 2.38. The summed E-state index contributed by atoms with van der Waals surface area (Å²) in [6.45, 7) is 6.15. The van der Waals surface area contributed by atoms with Gasteiger partial charge in [-0.1, -0.05) is 13.0 Å². The molecule has 1 fully saturated rings. The number of likely N-dealkylation sites (N-methyl/N-ethyl adjacent to an activating group) is 1. The first kappa shape index (κ1) is 14.7. The molecular formula is C15H30N2. The number of nitrogens with zero attached hydrogens (tertiary/aromatic N) is 1. The lowest BCUT2D eigenvalue weighted by Crippen LogP contribution is -2.58. The van der Waals surface area contributed by atoms with E-state index in [0.29, 0.717) is 6.04 Å². The van der Waals surface area contributed by atoms with Gasteiger partial charge in [0.2, 0.25) is 0 Å². The summed E-state index contributed by atoms with van der Waals surface area (Å²) in [5.74, 6) is 0.878. The van der Waals surface area contributed by atoms with Gasteiger partial charge in [0.1, 0.15) is 0 Å². The Hall–Kier alpha value is -0.340. The zero-order valence-electron chi connectivity index (χ0n) is 11.9. The Morgan fingerprint density at radius 1 is 1.41 bits per heavy atom. The van der Waals surface area contributed by atoms with Crippen molar-refractivity contribution in [1.82, 2.24) is 4.90 Å². The maximum Gasteiger partial charge on any atom is 0.0354 e. The highest BCUT2D eigenvalue weighted by Gasteiger charge is 2.40. The summed E-state index contributed by atoms with van der Waals surface area (Å²) in [5, 5.41) is 0. The molecule has 0 aliphatic heterocycles. The Labute approximate surface area is 107 Å². The number of rotatable bonds is 6. The SMILES string of the molecule is C=CCCCC(N)C1(N(C)C)CCC(C)CC1. The number of allylic oxidation sites excluding steroid dienone is 1. The Bertz CT molecular complexity index is 227. The third-order valence-electron chi connectivity index (χ3n) is 4.64. The van der Waals surface area contributed by atoms with E-state index in [1.54, 1.807) is 0 Å². The molecule has 1 aliphatic carbocycles. The van der Waals surface area contributed by atoms with Crippen molar-refractivity contribution in [3.05, 3.63) is 12.7 Å². The smallest absolute Gasteiger partial charge is 0.0354 e. The van der Waals surface area contributed by atoms with Crippen molar-refractivity contribution in [2.45, 2.75) is 63.5 Å². The summed E-state index contributed by atoms with van der Waals surface area (Å²) in [6.07, 6.45) is 10.6. The van der Waals surface area contributed by atoms with Crippen LogP contribution in [0.25, 0.3) is 0 Å². The first-order valence-electron chi connectivity index (χ1n) is 7.07. The fraction of sp³-hybridized carbons (Fsp3) is 0.867. The predicted octanol–water partition coefficient (Wildman–Crippen LogP) is 3.18. The summed E-state index contributed by atoms with van der Waals surface area (Å²) >= 11 is 0. The molecule has 2 N–H and O–H groups in total. The van der Waals surface area contributed by atoms with Gasteiger partial charge < -0.3 is 10.6 Å². The molecule has 0 heterocycles. The van der Waals surface area contributed by atoms with E-state index in [-0.39, 0.29) is 5.54 Å². The Morgan fingerprint density at radius 3 is 2.47 bits per heavy atom. The first-order chi connectivity index (χ1) is 8.03. The monoisotopic (exact) mass is 238 g/mol. The minimum Gasteiger partial charge on any atom is -0.326 e. The van der Waals surface area contributed by atoms with Gasteiger partial charge in [-0.05, 0) is 65.0 Å². The normalized spacial score (nSPS) is 31.5. The van der Waals surface area contributed by atoms with Crippen LogP contribution in [0.5, 0.6) is 0 Å². The third-order valence-corrected chi connectivity index (χ3v) is 4.64. The topological polar surface area (TPSA) is 29.3 Å². The number of hydrogen-bond acceptors (Lipinski definition) is 2. The molecule has 100 valence electrons. The van der Waals surface area contributed by atoms with Crippen LogP contribution in [0.15, 0.2) is 12.7 Å². The molecule has 1 saturated carbocycles. The maximum absolute atomic E-state index is 6.49. The molecule has 1 aliphatic rings. The summed E-state index contributed by atoms with van der Waals surface area (Å²) in [5.41, 5.74) is 6.74. The van der Waals surface area contributed by atoms with E-state index in [0.717, 1.165) is 18.8 Å². The van der Waals surface area contributed by atoms with Crippen molar-refractivity contribution < 1.29 is 0 Å². The molecule has 0 aromatic heterocycles. The maximum atomic E-state index is 6.49. The zero-order chi connectivity index (χ0) is 12.9. The lowest BCUT2D eigenvalue weighted by molar-refractivity contribution is 0.0535. The van der Waals surface area contributed by atoms with Crippen LogP contribution >= 0.6 is 0 Å². The van der Waals surface area contributed by atoms with Gasteiger partial charge in [0, 0.05) is 11.6 Å². The van der Waals surface area contributed by atoms with Crippen molar-refractivity contribution in [2.75, 3.05) is 14.1 Å². The number of hydrogen-bond donors (Lipinski definition) is 1. The van der Waals surface area contributed by atoms with Crippen LogP contribution < -0.4 is 5.73 Å². The van der Waals surface area contributed by atoms with Crippen LogP contribution in [0.1, 0.15) is 51.9 Å². The lowest BCUT2D eigenvalue weighted by Gasteiger charge is -2.48. The van der Waals surface area contributed by atoms with E-state index in [1.807, 2.05) is 6.08 Å². The van der Waals surface area contributed by atoms with Crippen LogP contribution in [-0.2, 0) is 0 Å². The molecule has 0 spiro atoms. The summed E-state index contributed by atoms with van der Waals surface area (Å²) < 4.78 is 0. The molecule has 17 heavy (non-hydrogen) atoms. The fourth-order valence-corrected chi connectivity index (χ4v) is 3.16. The van der Waals surface area contributed by atoms with Gasteiger partial charge in [0.25, 0.3) is 0 Å². The van der Waals surface area contributed by atoms with E-state index >= 15 is 0 Å². The van der Waals surface area contributed by atoms with Crippen molar-refractivity contribution in [3.63, 3.8) is 0 Å². The summed E-state index contributed by atoms with van der Waals surface area (Å²) in [4.78, 5) is 2.39. The average molecular weight is 238 g/mol. The van der Waals surface area contributed by atoms with Gasteiger partial charge >= 0.3 is 0 Å². The van der Waals surface area contributed by atoms with E-state index in [9.17, 15) is 0 Å². The molecule has 2 heteroatoms. The highest BCUT2D eigenvalue weighted by molar-refractivity contribution is 5.00. The summed E-state index contributed by atoms with van der Waals surface area (Å²) in [7, 11) is 4.40. The molecule has 2 nitrogen and oxygen atoms in total. The molecule has 0 amide bonds. The van der Waals surface area contributed by atoms with Crippen molar-refractivity contribution >= 4 is 0 Å². The van der Waals surface area contributed by atoms with Crippen molar-refractivity contribution in [2.24, 2.45) is 11.7 Å². The molecule has 1 unspecified atom stereocenters. The second kappa shape index (κ2) is 6.55. The van der Waals surface area contributed by atoms with Gasteiger partial charge in [-0.2, -0.15) is 0 Å². The van der Waals surface area contributed by atoms with Crippen LogP contribution in [0.4, 0.5) is 0 Å². The molecule has 0 aromatic rings. The van der Waals surface area contributed by atoms with Gasteiger partial charge in [0.05, 0.1) is 0 Å². The summed E-state index contributed by atoms with van der Waals surface area (Å²) in [6, 6.07) is 0.310. The largest absolute Gasteiger partial charge is 0.326 e. The molecular weight excluding hydrogens is 208 g/mol. The van der Waals surface area contributed by atoms with Crippen LogP contribution in [-0.4, -0.2) is 30.6 Å². The van der Waals surface area contributed by atoms with Crippen LogP contribution in [0, 0.1) is 5.92 Å². The van der Waals surface area contributed by atoms with E-state index in [1.165, 1.54) is 32.1 Å². The molecule has 0 bridgehead atoms. The van der Waals surface area contributed by atoms with Gasteiger partial charge in [-0.3, -0.25) is 0 Å². The fourth-order valence-electron chi connectivity index (χ4n) is 3.16. The Kier molecular flexibility index (Phi) is 5.68. The average Bonchev–Trinajstić information content (AvgIpc) is 2.30. The van der Waals surface area contributed by atoms with Crippen molar-refractivity contribution in [1.29, 1.82) is 0 Å². The molecule has 1 rings (SSSR count). The second-order valence-corrected chi connectivity index (χ2v) is 6.01. The lowest BCUT2D eigenvalue weighted by atomic mass is 9.71. The zero-order valence-corrected chi connectivity index (χ0v) is 11.9. The number of nitrogens with two attached hydrogens (primary N) is 1. The first-order valence-corrected chi connectivity index (χ1v) is 7.07. The predicted molar refractivity (Wildman–Crippen MR) is 76.1 cm³/mol. The van der Waals surface area contributed by atoms with Crippen LogP contribution in [0.2, 0.25) is 0 Å². The highest BCUT2D eigenvalue weighted by atomic mass is 15.2. The van der Waals surface area contributed by atoms with Gasteiger partial charge in [-0.25, -0.2) is 0 Å².